The van der Waals surface area contributed by atoms with Crippen molar-refractivity contribution in [3.8, 4) is 11.3 Å². The Hall–Kier alpha value is -5.28. The maximum Gasteiger partial charge on any atom is 0.255 e. The average molecular weight is 546 g/mol. The van der Waals surface area contributed by atoms with Gasteiger partial charge in [0.1, 0.15) is 0 Å². The van der Waals surface area contributed by atoms with Gasteiger partial charge in [-0.1, -0.05) is 30.3 Å². The lowest BCUT2D eigenvalue weighted by molar-refractivity contribution is -0.111. The van der Waals surface area contributed by atoms with Gasteiger partial charge in [-0.2, -0.15) is 0 Å². The minimum absolute atomic E-state index is 0.223. The summed E-state index contributed by atoms with van der Waals surface area (Å²) in [7, 11) is 3.86. The Balaban J connectivity index is 1.24. The average Bonchev–Trinajstić information content (AvgIpc) is 3.38. The number of nitrogens with zero attached hydrogens (tertiary/aromatic N) is 3. The molecule has 0 unspecified atom stereocenters. The van der Waals surface area contributed by atoms with E-state index in [-0.39, 0.29) is 11.8 Å². The van der Waals surface area contributed by atoms with Crippen LogP contribution in [0.5, 0.6) is 0 Å². The molecular formula is C32H31N7O2. The number of hydrogen-bond donors (Lipinski definition) is 4. The fourth-order valence-electron chi connectivity index (χ4n) is 4.31. The Bertz CT molecular complexity index is 1720. The summed E-state index contributed by atoms with van der Waals surface area (Å²) in [5.74, 6) is -0.0350. The van der Waals surface area contributed by atoms with E-state index in [1.807, 2.05) is 74.6 Å². The molecule has 3 aromatic carbocycles. The zero-order valence-corrected chi connectivity index (χ0v) is 23.1. The maximum atomic E-state index is 12.9. The first-order chi connectivity index (χ1) is 19.9. The van der Waals surface area contributed by atoms with Gasteiger partial charge < -0.3 is 25.8 Å². The Morgan fingerprint density at radius 1 is 0.927 bits per heavy atom. The second kappa shape index (κ2) is 12.3. The minimum Gasteiger partial charge on any atom is -0.360 e. The van der Waals surface area contributed by atoms with E-state index in [4.69, 9.17) is 4.98 Å². The first-order valence-corrected chi connectivity index (χ1v) is 13.2. The number of fused-ring (bicyclic) bond motifs is 1. The highest BCUT2D eigenvalue weighted by Gasteiger charge is 2.12. The number of aryl methyl sites for hydroxylation is 1. The third kappa shape index (κ3) is 6.84. The summed E-state index contributed by atoms with van der Waals surface area (Å²) in [4.78, 5) is 39.4. The topological polar surface area (TPSA) is 115 Å². The van der Waals surface area contributed by atoms with Crippen LogP contribution in [-0.4, -0.2) is 52.3 Å². The van der Waals surface area contributed by atoms with Crippen molar-refractivity contribution in [1.82, 2.24) is 19.9 Å². The van der Waals surface area contributed by atoms with Crippen LogP contribution in [0, 0.1) is 6.92 Å². The summed E-state index contributed by atoms with van der Waals surface area (Å²) < 4.78 is 0. The number of rotatable bonds is 9. The molecule has 0 atom stereocenters. The number of aromatic nitrogens is 3. The highest BCUT2D eigenvalue weighted by Crippen LogP contribution is 2.30. The first-order valence-electron chi connectivity index (χ1n) is 13.2. The van der Waals surface area contributed by atoms with Crippen LogP contribution in [0.1, 0.15) is 15.9 Å². The van der Waals surface area contributed by atoms with Gasteiger partial charge in [-0.25, -0.2) is 9.97 Å². The number of likely N-dealkylation sites (N-methyl/N-ethyl adjacent to an activating group) is 1. The van der Waals surface area contributed by atoms with E-state index in [2.05, 4.69) is 32.0 Å². The molecule has 0 aliphatic carbocycles. The lowest BCUT2D eigenvalue weighted by atomic mass is 10.1. The molecule has 9 nitrogen and oxygen atoms in total. The second-order valence-electron chi connectivity index (χ2n) is 9.86. The predicted molar refractivity (Wildman–Crippen MR) is 165 cm³/mol. The van der Waals surface area contributed by atoms with Gasteiger partial charge in [0, 0.05) is 64.1 Å². The van der Waals surface area contributed by atoms with Crippen LogP contribution >= 0.6 is 0 Å². The number of nitrogens with one attached hydrogen (secondary N) is 4. The molecular weight excluding hydrogens is 514 g/mol. The molecule has 5 aromatic rings. The number of H-pyrrole nitrogens is 1. The van der Waals surface area contributed by atoms with Gasteiger partial charge in [-0.3, -0.25) is 9.59 Å². The molecule has 5 rings (SSSR count). The van der Waals surface area contributed by atoms with Gasteiger partial charge in [0.05, 0.1) is 5.69 Å². The molecule has 2 heterocycles. The van der Waals surface area contributed by atoms with Crippen molar-refractivity contribution in [3.63, 3.8) is 0 Å². The summed E-state index contributed by atoms with van der Waals surface area (Å²) >= 11 is 0. The van der Waals surface area contributed by atoms with Crippen molar-refractivity contribution >= 4 is 45.7 Å². The number of para-hydroxylation sites is 1. The number of hydrogen-bond acceptors (Lipinski definition) is 6. The van der Waals surface area contributed by atoms with Crippen molar-refractivity contribution < 1.29 is 9.59 Å². The first kappa shape index (κ1) is 27.3. The summed E-state index contributed by atoms with van der Waals surface area (Å²) in [6.45, 7) is 2.66. The SMILES string of the molecule is Cc1cnc(Nc2cccc(NC(=O)c3ccc(NC(=O)/C=C/CN(C)C)cc3)c2)nc1-c1c[nH]c2ccccc12. The normalized spacial score (nSPS) is 11.2. The van der Waals surface area contributed by atoms with Crippen LogP contribution in [0.2, 0.25) is 0 Å². The number of benzene rings is 3. The van der Waals surface area contributed by atoms with Crippen LogP contribution < -0.4 is 16.0 Å². The van der Waals surface area contributed by atoms with Gasteiger partial charge in [-0.15, -0.1) is 0 Å². The van der Waals surface area contributed by atoms with Crippen LogP contribution in [0.4, 0.5) is 23.0 Å². The Morgan fingerprint density at radius 2 is 1.71 bits per heavy atom. The van der Waals surface area contributed by atoms with Crippen LogP contribution in [-0.2, 0) is 4.79 Å². The maximum absolute atomic E-state index is 12.9. The van der Waals surface area contributed by atoms with Crippen molar-refractivity contribution in [1.29, 1.82) is 0 Å². The molecule has 4 N–H and O–H groups in total. The summed E-state index contributed by atoms with van der Waals surface area (Å²) in [5.41, 5.74) is 6.29. The zero-order chi connectivity index (χ0) is 28.8. The Kier molecular flexibility index (Phi) is 8.17. The van der Waals surface area contributed by atoms with E-state index in [1.54, 1.807) is 36.5 Å². The van der Waals surface area contributed by atoms with Crippen LogP contribution in [0.3, 0.4) is 0 Å². The van der Waals surface area contributed by atoms with E-state index < -0.39 is 0 Å². The monoisotopic (exact) mass is 545 g/mol. The quantitative estimate of drug-likeness (QED) is 0.169. The van der Waals surface area contributed by atoms with Gasteiger partial charge in [-0.05, 0) is 75.1 Å². The van der Waals surface area contributed by atoms with E-state index in [9.17, 15) is 9.59 Å². The van der Waals surface area contributed by atoms with Crippen molar-refractivity contribution in [3.05, 3.63) is 108 Å². The second-order valence-corrected chi connectivity index (χ2v) is 9.86. The molecule has 0 aliphatic rings. The molecule has 2 aromatic heterocycles. The highest BCUT2D eigenvalue weighted by molar-refractivity contribution is 6.05. The standard InChI is InChI=1S/C32H31N7O2/c1-21-19-34-32(38-30(21)27-20-33-28-11-5-4-10-26(27)28)37-25-9-6-8-24(18-25)36-31(41)22-13-15-23(16-14-22)35-29(40)12-7-17-39(2)3/h4-16,18-20,33H,17H2,1-3H3,(H,35,40)(H,36,41)(H,34,37,38)/b12-7+. The molecule has 0 spiro atoms. The van der Waals surface area contributed by atoms with Gasteiger partial charge in [0.2, 0.25) is 11.9 Å². The van der Waals surface area contributed by atoms with Crippen molar-refractivity contribution in [2.75, 3.05) is 36.6 Å². The highest BCUT2D eigenvalue weighted by atomic mass is 16.2. The zero-order valence-electron chi connectivity index (χ0n) is 23.1. The third-order valence-electron chi connectivity index (χ3n) is 6.35. The van der Waals surface area contributed by atoms with Crippen LogP contribution in [0.25, 0.3) is 22.2 Å². The lowest BCUT2D eigenvalue weighted by Gasteiger charge is -2.11. The van der Waals surface area contributed by atoms with E-state index in [0.717, 1.165) is 33.4 Å². The third-order valence-corrected chi connectivity index (χ3v) is 6.35. The van der Waals surface area contributed by atoms with Crippen molar-refractivity contribution in [2.24, 2.45) is 0 Å². The molecule has 0 fully saturated rings. The van der Waals surface area contributed by atoms with Gasteiger partial charge >= 0.3 is 0 Å². The molecule has 206 valence electrons. The van der Waals surface area contributed by atoms with Crippen molar-refractivity contribution in [2.45, 2.75) is 6.92 Å². The largest absolute Gasteiger partial charge is 0.360 e. The fourth-order valence-corrected chi connectivity index (χ4v) is 4.31. The molecule has 9 heteroatoms. The van der Waals surface area contributed by atoms with E-state index in [1.165, 1.54) is 6.08 Å². The molecule has 0 saturated carbocycles. The molecule has 2 amide bonds. The predicted octanol–water partition coefficient (Wildman–Crippen LogP) is 5.99. The number of carbonyl (C=O) groups is 2. The number of carbonyl (C=O) groups excluding carboxylic acids is 2. The molecule has 0 bridgehead atoms. The fraction of sp³-hybridized carbons (Fsp3) is 0.125. The van der Waals surface area contributed by atoms with Gasteiger partial charge in [0.15, 0.2) is 0 Å². The smallest absolute Gasteiger partial charge is 0.255 e. The van der Waals surface area contributed by atoms with E-state index in [0.29, 0.717) is 29.4 Å². The van der Waals surface area contributed by atoms with Gasteiger partial charge in [0.25, 0.3) is 5.91 Å². The molecule has 41 heavy (non-hydrogen) atoms. The Labute approximate surface area is 238 Å². The lowest BCUT2D eigenvalue weighted by Crippen LogP contribution is -2.13. The molecule has 0 aliphatic heterocycles. The number of anilines is 4. The number of amides is 2. The summed E-state index contributed by atoms with van der Waals surface area (Å²) in [5, 5.41) is 10.1. The number of aromatic amines is 1. The van der Waals surface area contributed by atoms with E-state index >= 15 is 0 Å². The molecule has 0 saturated heterocycles. The summed E-state index contributed by atoms with van der Waals surface area (Å²) in [6.07, 6.45) is 7.04. The minimum atomic E-state index is -0.265. The Morgan fingerprint density at radius 3 is 2.51 bits per heavy atom. The summed E-state index contributed by atoms with van der Waals surface area (Å²) in [6, 6.07) is 22.2. The molecule has 0 radical (unpaired) electrons. The van der Waals surface area contributed by atoms with Crippen LogP contribution in [0.15, 0.2) is 97.3 Å².